The lowest BCUT2D eigenvalue weighted by molar-refractivity contribution is 0.0952. The predicted octanol–water partition coefficient (Wildman–Crippen LogP) is 5.43. The number of phenols is 1. The van der Waals surface area contributed by atoms with Crippen molar-refractivity contribution < 1.29 is 23.8 Å². The Bertz CT molecular complexity index is 1340. The van der Waals surface area contributed by atoms with Gasteiger partial charge in [0.05, 0.1) is 18.4 Å². The fraction of sp³-hybridized carbons (Fsp3) is 0.111. The lowest BCUT2D eigenvalue weighted by Gasteiger charge is -2.12. The Balaban J connectivity index is 1.44. The molecule has 4 rings (SSSR count). The van der Waals surface area contributed by atoms with E-state index in [1.807, 2.05) is 31.2 Å². The van der Waals surface area contributed by atoms with Crippen molar-refractivity contribution in [1.82, 2.24) is 5.43 Å². The molecule has 34 heavy (non-hydrogen) atoms. The van der Waals surface area contributed by atoms with E-state index in [0.29, 0.717) is 23.7 Å². The lowest BCUT2D eigenvalue weighted by atomic mass is 10.1. The lowest BCUT2D eigenvalue weighted by Crippen LogP contribution is -2.17. The van der Waals surface area contributed by atoms with Gasteiger partial charge in [0, 0.05) is 0 Å². The zero-order chi connectivity index (χ0) is 23.9. The van der Waals surface area contributed by atoms with Crippen molar-refractivity contribution >= 4 is 22.9 Å². The first-order valence-corrected chi connectivity index (χ1v) is 10.7. The third kappa shape index (κ3) is 5.50. The number of fused-ring (bicyclic) bond motifs is 1. The van der Waals surface area contributed by atoms with E-state index in [9.17, 15) is 14.3 Å². The van der Waals surface area contributed by atoms with Gasteiger partial charge in [-0.2, -0.15) is 5.10 Å². The SMILES string of the molecule is CCOc1cc(/C=N/NC(=O)c2cc3ccccc3cc2O)ccc1OCc1ccc(F)cc1. The number of benzene rings is 4. The first kappa shape index (κ1) is 22.8. The molecule has 4 aromatic carbocycles. The predicted molar refractivity (Wildman–Crippen MR) is 129 cm³/mol. The van der Waals surface area contributed by atoms with Crippen molar-refractivity contribution in [3.05, 3.63) is 101 Å². The third-order valence-electron chi connectivity index (χ3n) is 5.06. The molecule has 1 amide bonds. The van der Waals surface area contributed by atoms with Gasteiger partial charge in [0.15, 0.2) is 11.5 Å². The summed E-state index contributed by atoms with van der Waals surface area (Å²) in [6.07, 6.45) is 1.47. The quantitative estimate of drug-likeness (QED) is 0.273. The molecule has 2 N–H and O–H groups in total. The van der Waals surface area contributed by atoms with Crippen LogP contribution in [-0.2, 0) is 6.61 Å². The summed E-state index contributed by atoms with van der Waals surface area (Å²) in [4.78, 5) is 12.5. The number of hydrogen-bond donors (Lipinski definition) is 2. The van der Waals surface area contributed by atoms with Crippen molar-refractivity contribution in [3.8, 4) is 17.2 Å². The highest BCUT2D eigenvalue weighted by atomic mass is 19.1. The number of phenolic OH excluding ortho intramolecular Hbond substituents is 1. The summed E-state index contributed by atoms with van der Waals surface area (Å²) in [6.45, 7) is 2.56. The van der Waals surface area contributed by atoms with Crippen molar-refractivity contribution in [3.63, 3.8) is 0 Å². The summed E-state index contributed by atoms with van der Waals surface area (Å²) >= 11 is 0. The molecule has 7 heteroatoms. The summed E-state index contributed by atoms with van der Waals surface area (Å²) in [6, 6.07) is 22.0. The minimum atomic E-state index is -0.524. The average Bonchev–Trinajstić information content (AvgIpc) is 2.84. The molecule has 0 aliphatic rings. The van der Waals surface area contributed by atoms with Crippen LogP contribution in [0.15, 0.2) is 84.0 Å². The molecule has 0 saturated heterocycles. The number of aromatic hydroxyl groups is 1. The van der Waals surface area contributed by atoms with Crippen LogP contribution in [0.4, 0.5) is 4.39 Å². The zero-order valence-corrected chi connectivity index (χ0v) is 18.5. The number of nitrogens with zero attached hydrogens (tertiary/aromatic N) is 1. The van der Waals surface area contributed by atoms with E-state index < -0.39 is 5.91 Å². The summed E-state index contributed by atoms with van der Waals surface area (Å²) in [5.74, 6) is 0.113. The van der Waals surface area contributed by atoms with Gasteiger partial charge in [0.25, 0.3) is 5.91 Å². The van der Waals surface area contributed by atoms with E-state index >= 15 is 0 Å². The third-order valence-corrected chi connectivity index (χ3v) is 5.06. The number of hydrazone groups is 1. The normalized spacial score (nSPS) is 11.0. The average molecular weight is 458 g/mol. The summed E-state index contributed by atoms with van der Waals surface area (Å²) < 4.78 is 24.6. The highest BCUT2D eigenvalue weighted by molar-refractivity contribution is 6.01. The topological polar surface area (TPSA) is 80.2 Å². The molecule has 0 bridgehead atoms. The van der Waals surface area contributed by atoms with Gasteiger partial charge in [-0.1, -0.05) is 36.4 Å². The standard InChI is InChI=1S/C27H23FN2O4/c1-2-33-26-13-19(9-12-25(26)34-17-18-7-10-22(28)11-8-18)16-29-30-27(32)23-14-20-5-3-4-6-21(20)15-24(23)31/h3-16,31H,2,17H2,1H3,(H,30,32)/b29-16+. The van der Waals surface area contributed by atoms with Crippen LogP contribution in [0, 0.1) is 5.82 Å². The Morgan fingerprint density at radius 2 is 1.71 bits per heavy atom. The Hall–Kier alpha value is -4.39. The van der Waals surface area contributed by atoms with Crippen LogP contribution in [0.25, 0.3) is 10.8 Å². The molecule has 0 saturated carbocycles. The first-order valence-electron chi connectivity index (χ1n) is 10.7. The van der Waals surface area contributed by atoms with Crippen LogP contribution in [0.5, 0.6) is 17.2 Å². The molecule has 172 valence electrons. The number of amides is 1. The molecule has 0 atom stereocenters. The number of nitrogens with one attached hydrogen (secondary N) is 1. The molecule has 4 aromatic rings. The number of halogens is 1. The van der Waals surface area contributed by atoms with Crippen molar-refractivity contribution in [2.24, 2.45) is 5.10 Å². The van der Waals surface area contributed by atoms with Crippen LogP contribution in [0.1, 0.15) is 28.4 Å². The number of carbonyl (C=O) groups is 1. The molecule has 0 spiro atoms. The number of carbonyl (C=O) groups excluding carboxylic acids is 1. The Kier molecular flexibility index (Phi) is 7.03. The van der Waals surface area contributed by atoms with Crippen LogP contribution >= 0.6 is 0 Å². The van der Waals surface area contributed by atoms with Crippen LogP contribution in [0.2, 0.25) is 0 Å². The monoisotopic (exact) mass is 458 g/mol. The molecule has 0 unspecified atom stereocenters. The first-order chi connectivity index (χ1) is 16.5. The molecule has 0 fully saturated rings. The zero-order valence-electron chi connectivity index (χ0n) is 18.5. The minimum absolute atomic E-state index is 0.118. The second-order valence-corrected chi connectivity index (χ2v) is 7.47. The fourth-order valence-corrected chi connectivity index (χ4v) is 3.37. The van der Waals surface area contributed by atoms with Crippen molar-refractivity contribution in [1.29, 1.82) is 0 Å². The molecule has 0 aliphatic carbocycles. The second-order valence-electron chi connectivity index (χ2n) is 7.47. The molecule has 0 radical (unpaired) electrons. The summed E-state index contributed by atoms with van der Waals surface area (Å²) in [5, 5.41) is 15.9. The van der Waals surface area contributed by atoms with Gasteiger partial charge in [0.1, 0.15) is 18.2 Å². The molecular weight excluding hydrogens is 435 g/mol. The number of hydrogen-bond acceptors (Lipinski definition) is 5. The maximum atomic E-state index is 13.1. The van der Waals surface area contributed by atoms with Crippen LogP contribution in [0.3, 0.4) is 0 Å². The Morgan fingerprint density at radius 3 is 2.44 bits per heavy atom. The van der Waals surface area contributed by atoms with Gasteiger partial charge in [-0.15, -0.1) is 0 Å². The van der Waals surface area contributed by atoms with Crippen LogP contribution in [-0.4, -0.2) is 23.8 Å². The minimum Gasteiger partial charge on any atom is -0.507 e. The van der Waals surface area contributed by atoms with Gasteiger partial charge in [0.2, 0.25) is 0 Å². The smallest absolute Gasteiger partial charge is 0.275 e. The van der Waals surface area contributed by atoms with E-state index in [1.54, 1.807) is 42.5 Å². The number of ether oxygens (including phenoxy) is 2. The summed E-state index contributed by atoms with van der Waals surface area (Å²) in [7, 11) is 0. The molecule has 6 nitrogen and oxygen atoms in total. The molecular formula is C27H23FN2O4. The van der Waals surface area contributed by atoms with E-state index in [1.165, 1.54) is 18.3 Å². The van der Waals surface area contributed by atoms with Crippen molar-refractivity contribution in [2.75, 3.05) is 6.61 Å². The van der Waals surface area contributed by atoms with Gasteiger partial charge >= 0.3 is 0 Å². The molecule has 0 aromatic heterocycles. The highest BCUT2D eigenvalue weighted by Crippen LogP contribution is 2.29. The van der Waals surface area contributed by atoms with Gasteiger partial charge in [-0.05, 0) is 71.3 Å². The van der Waals surface area contributed by atoms with Gasteiger partial charge < -0.3 is 14.6 Å². The second kappa shape index (κ2) is 10.5. The largest absolute Gasteiger partial charge is 0.507 e. The van der Waals surface area contributed by atoms with E-state index in [4.69, 9.17) is 9.47 Å². The Labute approximate surface area is 196 Å². The molecule has 0 heterocycles. The van der Waals surface area contributed by atoms with E-state index in [2.05, 4.69) is 10.5 Å². The highest BCUT2D eigenvalue weighted by Gasteiger charge is 2.12. The fourth-order valence-electron chi connectivity index (χ4n) is 3.37. The van der Waals surface area contributed by atoms with Crippen molar-refractivity contribution in [2.45, 2.75) is 13.5 Å². The maximum absolute atomic E-state index is 13.1. The van der Waals surface area contributed by atoms with E-state index in [-0.39, 0.29) is 23.7 Å². The van der Waals surface area contributed by atoms with Crippen LogP contribution < -0.4 is 14.9 Å². The maximum Gasteiger partial charge on any atom is 0.275 e. The summed E-state index contributed by atoms with van der Waals surface area (Å²) in [5.41, 5.74) is 4.08. The Morgan fingerprint density at radius 1 is 0.971 bits per heavy atom. The number of rotatable bonds is 8. The van der Waals surface area contributed by atoms with Gasteiger partial charge in [-0.25, -0.2) is 9.82 Å². The van der Waals surface area contributed by atoms with Gasteiger partial charge in [-0.3, -0.25) is 4.79 Å². The van der Waals surface area contributed by atoms with E-state index in [0.717, 1.165) is 16.3 Å². The molecule has 0 aliphatic heterocycles.